The molecular weight excluding hydrogens is 464 g/mol. The lowest BCUT2D eigenvalue weighted by Crippen LogP contribution is -2.49. The molecule has 1 aliphatic rings. The predicted molar refractivity (Wildman–Crippen MR) is 145 cm³/mol. The molecule has 0 radical (unpaired) electrons. The number of carbonyl (C=O) groups excluding carboxylic acids is 2. The van der Waals surface area contributed by atoms with Crippen LogP contribution in [0.4, 0.5) is 11.6 Å². The zero-order chi connectivity index (χ0) is 25.8. The van der Waals surface area contributed by atoms with Crippen LogP contribution in [0.2, 0.25) is 0 Å². The Kier molecular flexibility index (Phi) is 7.07. The summed E-state index contributed by atoms with van der Waals surface area (Å²) >= 11 is 0. The molecule has 8 nitrogen and oxygen atoms in total. The standard InChI is InChI=1S/C29H30N6O2/c1-20-24-6-3-4-7-26(24)32-21(2)25(20)19-27(36)33-23-10-8-22(9-11-23)18-28(37)34-14-16-35(17-15-34)29-30-12-5-13-31-29/h3-13H,14-19H2,1-2H3,(H,33,36). The van der Waals surface area contributed by atoms with Gasteiger partial charge in [0.25, 0.3) is 0 Å². The van der Waals surface area contributed by atoms with Gasteiger partial charge in [-0.25, -0.2) is 9.97 Å². The first-order valence-electron chi connectivity index (χ1n) is 12.5. The number of aromatic nitrogens is 3. The van der Waals surface area contributed by atoms with E-state index >= 15 is 0 Å². The van der Waals surface area contributed by atoms with E-state index in [2.05, 4.69) is 25.2 Å². The van der Waals surface area contributed by atoms with Crippen molar-refractivity contribution in [1.82, 2.24) is 19.9 Å². The fourth-order valence-electron chi connectivity index (χ4n) is 4.80. The van der Waals surface area contributed by atoms with E-state index in [1.807, 2.05) is 67.3 Å². The molecule has 0 aliphatic carbocycles. The molecule has 1 fully saturated rings. The fourth-order valence-corrected chi connectivity index (χ4v) is 4.80. The van der Waals surface area contributed by atoms with Crippen molar-refractivity contribution >= 4 is 34.4 Å². The van der Waals surface area contributed by atoms with Gasteiger partial charge in [0.1, 0.15) is 0 Å². The van der Waals surface area contributed by atoms with Crippen molar-refractivity contribution in [1.29, 1.82) is 0 Å². The number of piperazine rings is 1. The first-order valence-corrected chi connectivity index (χ1v) is 12.5. The van der Waals surface area contributed by atoms with Crippen LogP contribution < -0.4 is 10.2 Å². The Bertz CT molecular complexity index is 1410. The lowest BCUT2D eigenvalue weighted by atomic mass is 9.99. The maximum Gasteiger partial charge on any atom is 0.228 e. The second-order valence-electron chi connectivity index (χ2n) is 9.33. The van der Waals surface area contributed by atoms with Crippen LogP contribution in [0.25, 0.3) is 10.9 Å². The molecule has 0 saturated carbocycles. The summed E-state index contributed by atoms with van der Waals surface area (Å²) in [6, 6.07) is 17.3. The van der Waals surface area contributed by atoms with E-state index in [-0.39, 0.29) is 18.2 Å². The number of carbonyl (C=O) groups is 2. The molecule has 0 spiro atoms. The summed E-state index contributed by atoms with van der Waals surface area (Å²) in [5.41, 5.74) is 5.49. The van der Waals surface area contributed by atoms with Crippen LogP contribution in [0, 0.1) is 13.8 Å². The van der Waals surface area contributed by atoms with E-state index in [9.17, 15) is 9.59 Å². The van der Waals surface area contributed by atoms with Gasteiger partial charge in [-0.15, -0.1) is 0 Å². The fraction of sp³-hybridized carbons (Fsp3) is 0.276. The lowest BCUT2D eigenvalue weighted by Gasteiger charge is -2.34. The van der Waals surface area contributed by atoms with Gasteiger partial charge in [-0.05, 0) is 54.8 Å². The second-order valence-corrected chi connectivity index (χ2v) is 9.33. The molecule has 4 aromatic rings. The molecule has 2 aromatic carbocycles. The van der Waals surface area contributed by atoms with Gasteiger partial charge in [-0.1, -0.05) is 30.3 Å². The third kappa shape index (κ3) is 5.58. The number of amides is 2. The maximum atomic E-state index is 12.8. The minimum absolute atomic E-state index is 0.0904. The number of hydrogen-bond donors (Lipinski definition) is 1. The number of pyridine rings is 1. The van der Waals surface area contributed by atoms with Crippen LogP contribution in [-0.2, 0) is 22.4 Å². The Morgan fingerprint density at radius 1 is 0.865 bits per heavy atom. The Hall–Kier alpha value is -4.33. The molecule has 1 saturated heterocycles. The van der Waals surface area contributed by atoms with Crippen LogP contribution in [-0.4, -0.2) is 57.8 Å². The first kappa shape index (κ1) is 24.4. The topological polar surface area (TPSA) is 91.3 Å². The van der Waals surface area contributed by atoms with Crippen LogP contribution in [0.3, 0.4) is 0 Å². The smallest absolute Gasteiger partial charge is 0.228 e. The number of fused-ring (bicyclic) bond motifs is 1. The molecule has 3 heterocycles. The summed E-state index contributed by atoms with van der Waals surface area (Å²) in [6.45, 7) is 6.71. The molecule has 1 N–H and O–H groups in total. The van der Waals surface area contributed by atoms with Gasteiger partial charge in [0.05, 0.1) is 18.4 Å². The molecular formula is C29H30N6O2. The SMILES string of the molecule is Cc1nc2ccccc2c(C)c1CC(=O)Nc1ccc(CC(=O)N2CCN(c3ncccn3)CC2)cc1. The molecule has 188 valence electrons. The quantitative estimate of drug-likeness (QED) is 0.439. The van der Waals surface area contributed by atoms with Gasteiger partial charge in [-0.2, -0.15) is 0 Å². The lowest BCUT2D eigenvalue weighted by molar-refractivity contribution is -0.130. The third-order valence-corrected chi connectivity index (χ3v) is 6.88. The highest BCUT2D eigenvalue weighted by Crippen LogP contribution is 2.23. The molecule has 8 heteroatoms. The van der Waals surface area contributed by atoms with Gasteiger partial charge in [-0.3, -0.25) is 14.6 Å². The largest absolute Gasteiger partial charge is 0.339 e. The molecule has 2 aromatic heterocycles. The average molecular weight is 495 g/mol. The normalized spacial score (nSPS) is 13.6. The summed E-state index contributed by atoms with van der Waals surface area (Å²) in [6.07, 6.45) is 4.05. The zero-order valence-electron chi connectivity index (χ0n) is 21.1. The predicted octanol–water partition coefficient (Wildman–Crippen LogP) is 3.71. The van der Waals surface area contributed by atoms with Crippen LogP contribution in [0.15, 0.2) is 67.0 Å². The summed E-state index contributed by atoms with van der Waals surface area (Å²) in [7, 11) is 0. The minimum Gasteiger partial charge on any atom is -0.339 e. The van der Waals surface area contributed by atoms with Gasteiger partial charge in [0.2, 0.25) is 17.8 Å². The van der Waals surface area contributed by atoms with Gasteiger partial charge < -0.3 is 15.1 Å². The van der Waals surface area contributed by atoms with E-state index in [1.54, 1.807) is 18.5 Å². The highest BCUT2D eigenvalue weighted by Gasteiger charge is 2.22. The number of benzene rings is 2. The Morgan fingerprint density at radius 2 is 1.57 bits per heavy atom. The van der Waals surface area contributed by atoms with Crippen molar-refractivity contribution in [2.24, 2.45) is 0 Å². The maximum absolute atomic E-state index is 12.8. The van der Waals surface area contributed by atoms with E-state index in [1.165, 1.54) is 0 Å². The van der Waals surface area contributed by atoms with Crippen LogP contribution in [0.1, 0.15) is 22.4 Å². The summed E-state index contributed by atoms with van der Waals surface area (Å²) in [5.74, 6) is 0.710. The number of nitrogens with one attached hydrogen (secondary N) is 1. The molecule has 0 atom stereocenters. The van der Waals surface area contributed by atoms with Gasteiger partial charge in [0, 0.05) is 55.3 Å². The molecule has 0 unspecified atom stereocenters. The first-order chi connectivity index (χ1) is 18.0. The van der Waals surface area contributed by atoms with Crippen molar-refractivity contribution < 1.29 is 9.59 Å². The number of rotatable bonds is 6. The average Bonchev–Trinajstić information content (AvgIpc) is 2.93. The molecule has 37 heavy (non-hydrogen) atoms. The van der Waals surface area contributed by atoms with E-state index < -0.39 is 0 Å². The van der Waals surface area contributed by atoms with Gasteiger partial charge in [0.15, 0.2) is 0 Å². The van der Waals surface area contributed by atoms with Crippen LogP contribution >= 0.6 is 0 Å². The molecule has 1 aliphatic heterocycles. The molecule has 0 bridgehead atoms. The minimum atomic E-state index is -0.0904. The van der Waals surface area contributed by atoms with E-state index in [0.29, 0.717) is 44.2 Å². The molecule has 5 rings (SSSR count). The number of anilines is 2. The summed E-state index contributed by atoms with van der Waals surface area (Å²) < 4.78 is 0. The second kappa shape index (κ2) is 10.7. The Labute approximate surface area is 216 Å². The van der Waals surface area contributed by atoms with Crippen LogP contribution in [0.5, 0.6) is 0 Å². The van der Waals surface area contributed by atoms with Crippen molar-refractivity contribution in [2.45, 2.75) is 26.7 Å². The number of nitrogens with zero attached hydrogens (tertiary/aromatic N) is 5. The van der Waals surface area contributed by atoms with E-state index in [4.69, 9.17) is 0 Å². The number of aryl methyl sites for hydroxylation is 2. The highest BCUT2D eigenvalue weighted by molar-refractivity contribution is 5.94. The van der Waals surface area contributed by atoms with Crippen molar-refractivity contribution in [3.05, 3.63) is 89.4 Å². The van der Waals surface area contributed by atoms with Crippen molar-refractivity contribution in [3.8, 4) is 0 Å². The zero-order valence-corrected chi connectivity index (χ0v) is 21.1. The van der Waals surface area contributed by atoms with Crippen molar-refractivity contribution in [2.75, 3.05) is 36.4 Å². The summed E-state index contributed by atoms with van der Waals surface area (Å²) in [5, 5.41) is 4.05. The van der Waals surface area contributed by atoms with Crippen molar-refractivity contribution in [3.63, 3.8) is 0 Å². The Morgan fingerprint density at radius 3 is 2.30 bits per heavy atom. The Balaban J connectivity index is 1.15. The number of hydrogen-bond acceptors (Lipinski definition) is 6. The van der Waals surface area contributed by atoms with E-state index in [0.717, 1.165) is 33.3 Å². The van der Waals surface area contributed by atoms with Gasteiger partial charge >= 0.3 is 0 Å². The monoisotopic (exact) mass is 494 g/mol. The highest BCUT2D eigenvalue weighted by atomic mass is 16.2. The molecule has 2 amide bonds. The number of para-hydroxylation sites is 1. The third-order valence-electron chi connectivity index (χ3n) is 6.88. The summed E-state index contributed by atoms with van der Waals surface area (Å²) in [4.78, 5) is 42.9.